The third-order valence-electron chi connectivity index (χ3n) is 3.55. The molecule has 0 aliphatic rings. The number of ether oxygens (including phenoxy) is 1. The number of amides is 1. The molecule has 0 spiro atoms. The lowest BCUT2D eigenvalue weighted by Crippen LogP contribution is -2.22. The van der Waals surface area contributed by atoms with Crippen molar-refractivity contribution in [1.29, 1.82) is 0 Å². The first-order valence-electron chi connectivity index (χ1n) is 7.70. The number of hydrogen-bond acceptors (Lipinski definition) is 3. The molecule has 0 unspecified atom stereocenters. The summed E-state index contributed by atoms with van der Waals surface area (Å²) >= 11 is 0. The zero-order valence-electron chi connectivity index (χ0n) is 14.2. The van der Waals surface area contributed by atoms with Crippen LogP contribution in [0.1, 0.15) is 36.7 Å². The number of benzene rings is 2. The molecule has 2 aromatic carbocycles. The van der Waals surface area contributed by atoms with Crippen molar-refractivity contribution in [2.75, 3.05) is 11.9 Å². The average Bonchev–Trinajstić information content (AvgIpc) is 2.55. The summed E-state index contributed by atoms with van der Waals surface area (Å²) in [6.45, 7) is 5.50. The topological polar surface area (TPSA) is 55.4 Å². The van der Waals surface area contributed by atoms with Crippen molar-refractivity contribution in [2.24, 2.45) is 0 Å². The second kappa shape index (κ2) is 7.42. The summed E-state index contributed by atoms with van der Waals surface area (Å²) in [6, 6.07) is 10.1. The summed E-state index contributed by atoms with van der Waals surface area (Å²) in [5, 5.41) is 2.05. The first kappa shape index (κ1) is 18.6. The van der Waals surface area contributed by atoms with Crippen LogP contribution < -0.4 is 5.32 Å². The fraction of sp³-hybridized carbons (Fsp3) is 0.263. The standard InChI is InChI=1S/C19H19F2NO3/c1-19(2,3)13-9-7-12(8-10-13)18(24)25-11-16(23)22-17-14(20)5-4-6-15(17)21/h4-10H,11H2,1-3H3,(H,22,23). The first-order chi connectivity index (χ1) is 11.7. The zero-order chi connectivity index (χ0) is 18.6. The van der Waals surface area contributed by atoms with Gasteiger partial charge >= 0.3 is 5.97 Å². The molecular formula is C19H19F2NO3. The van der Waals surface area contributed by atoms with E-state index in [4.69, 9.17) is 4.74 Å². The van der Waals surface area contributed by atoms with Crippen LogP contribution in [-0.4, -0.2) is 18.5 Å². The lowest BCUT2D eigenvalue weighted by Gasteiger charge is -2.18. The number of carbonyl (C=O) groups excluding carboxylic acids is 2. The minimum absolute atomic E-state index is 0.0495. The molecule has 0 aliphatic heterocycles. The third kappa shape index (κ3) is 4.86. The van der Waals surface area contributed by atoms with Gasteiger partial charge in [0.1, 0.15) is 17.3 Å². The van der Waals surface area contributed by atoms with E-state index in [9.17, 15) is 18.4 Å². The van der Waals surface area contributed by atoms with E-state index >= 15 is 0 Å². The Hall–Kier alpha value is -2.76. The Labute approximate surface area is 144 Å². The maximum absolute atomic E-state index is 13.4. The molecule has 0 atom stereocenters. The highest BCUT2D eigenvalue weighted by atomic mass is 19.1. The molecule has 2 rings (SSSR count). The van der Waals surface area contributed by atoms with Crippen molar-refractivity contribution in [3.05, 3.63) is 65.2 Å². The molecule has 0 saturated heterocycles. The number of anilines is 1. The quantitative estimate of drug-likeness (QED) is 0.849. The Morgan fingerprint density at radius 3 is 2.08 bits per heavy atom. The van der Waals surface area contributed by atoms with Gasteiger partial charge in [-0.3, -0.25) is 4.79 Å². The van der Waals surface area contributed by atoms with Gasteiger partial charge in [0, 0.05) is 0 Å². The molecule has 1 amide bonds. The second-order valence-corrected chi connectivity index (χ2v) is 6.55. The highest BCUT2D eigenvalue weighted by Crippen LogP contribution is 2.22. The summed E-state index contributed by atoms with van der Waals surface area (Å²) in [5.41, 5.74) is 0.722. The maximum atomic E-state index is 13.4. The fourth-order valence-corrected chi connectivity index (χ4v) is 2.11. The van der Waals surface area contributed by atoms with Gasteiger partial charge in [-0.05, 0) is 35.2 Å². The lowest BCUT2D eigenvalue weighted by atomic mass is 9.87. The Morgan fingerprint density at radius 2 is 1.56 bits per heavy atom. The molecule has 4 nitrogen and oxygen atoms in total. The van der Waals surface area contributed by atoms with E-state index in [0.717, 1.165) is 17.7 Å². The molecule has 2 aromatic rings. The molecule has 0 radical (unpaired) electrons. The molecule has 0 fully saturated rings. The summed E-state index contributed by atoms with van der Waals surface area (Å²) in [6.07, 6.45) is 0. The van der Waals surface area contributed by atoms with E-state index in [2.05, 4.69) is 0 Å². The molecule has 0 bridgehead atoms. The minimum atomic E-state index is -0.905. The van der Waals surface area contributed by atoms with Crippen LogP contribution in [0.4, 0.5) is 14.5 Å². The van der Waals surface area contributed by atoms with E-state index in [1.807, 2.05) is 38.2 Å². The number of esters is 1. The molecular weight excluding hydrogens is 328 g/mol. The molecule has 1 N–H and O–H groups in total. The lowest BCUT2D eigenvalue weighted by molar-refractivity contribution is -0.119. The normalized spacial score (nSPS) is 11.1. The number of rotatable bonds is 4. The largest absolute Gasteiger partial charge is 0.452 e. The smallest absolute Gasteiger partial charge is 0.338 e. The number of hydrogen-bond donors (Lipinski definition) is 1. The highest BCUT2D eigenvalue weighted by Gasteiger charge is 2.16. The summed E-state index contributed by atoms with van der Waals surface area (Å²) in [7, 11) is 0. The predicted octanol–water partition coefficient (Wildman–Crippen LogP) is 4.06. The van der Waals surface area contributed by atoms with Crippen LogP contribution in [0.25, 0.3) is 0 Å². The number of halogens is 2. The number of para-hydroxylation sites is 1. The van der Waals surface area contributed by atoms with Crippen LogP contribution in [0.2, 0.25) is 0 Å². The van der Waals surface area contributed by atoms with Gasteiger partial charge < -0.3 is 10.1 Å². The van der Waals surface area contributed by atoms with E-state index in [0.29, 0.717) is 0 Å². The monoisotopic (exact) mass is 347 g/mol. The van der Waals surface area contributed by atoms with Gasteiger partial charge in [-0.1, -0.05) is 39.0 Å². The van der Waals surface area contributed by atoms with Gasteiger partial charge in [-0.15, -0.1) is 0 Å². The Morgan fingerprint density at radius 1 is 1.00 bits per heavy atom. The van der Waals surface area contributed by atoms with Crippen molar-refractivity contribution in [3.8, 4) is 0 Å². The number of carbonyl (C=O) groups is 2. The summed E-state index contributed by atoms with van der Waals surface area (Å²) in [4.78, 5) is 23.7. The highest BCUT2D eigenvalue weighted by molar-refractivity contribution is 5.95. The minimum Gasteiger partial charge on any atom is -0.452 e. The van der Waals surface area contributed by atoms with Crippen LogP contribution in [0.5, 0.6) is 0 Å². The average molecular weight is 347 g/mol. The van der Waals surface area contributed by atoms with Gasteiger partial charge in [0.15, 0.2) is 6.61 Å². The molecule has 0 heterocycles. The van der Waals surface area contributed by atoms with Crippen molar-refractivity contribution in [2.45, 2.75) is 26.2 Å². The number of nitrogens with one attached hydrogen (secondary N) is 1. The fourth-order valence-electron chi connectivity index (χ4n) is 2.11. The van der Waals surface area contributed by atoms with Gasteiger partial charge in [0.2, 0.25) is 0 Å². The molecule has 0 aromatic heterocycles. The van der Waals surface area contributed by atoms with Gasteiger partial charge in [-0.2, -0.15) is 0 Å². The zero-order valence-corrected chi connectivity index (χ0v) is 14.2. The van der Waals surface area contributed by atoms with E-state index in [1.165, 1.54) is 6.07 Å². The van der Waals surface area contributed by atoms with Crippen LogP contribution in [-0.2, 0) is 14.9 Å². The predicted molar refractivity (Wildman–Crippen MR) is 90.4 cm³/mol. The molecule has 0 saturated carbocycles. The Bertz CT molecular complexity index is 760. The van der Waals surface area contributed by atoms with Crippen molar-refractivity contribution < 1.29 is 23.1 Å². The summed E-state index contributed by atoms with van der Waals surface area (Å²) in [5.74, 6) is -3.33. The van der Waals surface area contributed by atoms with Crippen LogP contribution >= 0.6 is 0 Å². The summed E-state index contributed by atoms with van der Waals surface area (Å²) < 4.78 is 31.8. The van der Waals surface area contributed by atoms with Gasteiger partial charge in [-0.25, -0.2) is 13.6 Å². The van der Waals surface area contributed by atoms with Gasteiger partial charge in [0.25, 0.3) is 5.91 Å². The maximum Gasteiger partial charge on any atom is 0.338 e. The molecule has 132 valence electrons. The first-order valence-corrected chi connectivity index (χ1v) is 7.70. The van der Waals surface area contributed by atoms with Crippen LogP contribution in [0.15, 0.2) is 42.5 Å². The van der Waals surface area contributed by atoms with Crippen molar-refractivity contribution >= 4 is 17.6 Å². The van der Waals surface area contributed by atoms with E-state index in [-0.39, 0.29) is 11.0 Å². The van der Waals surface area contributed by atoms with Crippen molar-refractivity contribution in [1.82, 2.24) is 0 Å². The SMILES string of the molecule is CC(C)(C)c1ccc(C(=O)OCC(=O)Nc2c(F)cccc2F)cc1. The van der Waals surface area contributed by atoms with Crippen LogP contribution in [0.3, 0.4) is 0 Å². The molecule has 6 heteroatoms. The van der Waals surface area contributed by atoms with E-state index in [1.54, 1.807) is 12.1 Å². The van der Waals surface area contributed by atoms with Crippen LogP contribution in [0, 0.1) is 11.6 Å². The Kier molecular flexibility index (Phi) is 5.51. The Balaban J connectivity index is 1.94. The van der Waals surface area contributed by atoms with E-state index < -0.39 is 35.8 Å². The van der Waals surface area contributed by atoms with Crippen molar-refractivity contribution in [3.63, 3.8) is 0 Å². The third-order valence-corrected chi connectivity index (χ3v) is 3.55. The molecule has 25 heavy (non-hydrogen) atoms. The van der Waals surface area contributed by atoms with Gasteiger partial charge in [0.05, 0.1) is 5.56 Å². The molecule has 0 aliphatic carbocycles. The second-order valence-electron chi connectivity index (χ2n) is 6.55.